The fraction of sp³-hybridized carbons (Fsp3) is 0.294. The van der Waals surface area contributed by atoms with E-state index < -0.39 is 5.60 Å². The number of nitrogens with one attached hydrogen (secondary N) is 1. The Morgan fingerprint density at radius 1 is 1.00 bits per heavy atom. The normalized spacial score (nSPS) is 18.1. The second-order valence-corrected chi connectivity index (χ2v) is 12.2. The lowest BCUT2D eigenvalue weighted by Crippen LogP contribution is -2.42. The highest BCUT2D eigenvalue weighted by Crippen LogP contribution is 2.36. The number of rotatable bonds is 7. The van der Waals surface area contributed by atoms with Crippen molar-refractivity contribution < 1.29 is 9.90 Å². The number of anilines is 3. The van der Waals surface area contributed by atoms with Crippen LogP contribution in [0, 0.1) is 5.92 Å². The number of hydrogen-bond acceptors (Lipinski definition) is 7. The lowest BCUT2D eigenvalue weighted by Gasteiger charge is -2.39. The van der Waals surface area contributed by atoms with Gasteiger partial charge in [0.1, 0.15) is 0 Å². The van der Waals surface area contributed by atoms with E-state index in [4.69, 9.17) is 16.6 Å². The van der Waals surface area contributed by atoms with Crippen LogP contribution in [0.2, 0.25) is 5.02 Å². The minimum Gasteiger partial charge on any atom is -0.385 e. The smallest absolute Gasteiger partial charge is 0.253 e. The van der Waals surface area contributed by atoms with Gasteiger partial charge in [0.15, 0.2) is 5.65 Å². The monoisotopic (exact) mass is 607 g/mol. The quantitative estimate of drug-likeness (QED) is 0.244. The van der Waals surface area contributed by atoms with Gasteiger partial charge >= 0.3 is 0 Å². The molecule has 2 aliphatic heterocycles. The predicted molar refractivity (Wildman–Crippen MR) is 171 cm³/mol. The molecule has 0 bridgehead atoms. The van der Waals surface area contributed by atoms with Crippen molar-refractivity contribution in [3.63, 3.8) is 0 Å². The Hall–Kier alpha value is -4.47. The Labute approximate surface area is 261 Å². The number of pyridine rings is 2. The number of aromatic nitrogens is 4. The van der Waals surface area contributed by atoms with Crippen molar-refractivity contribution in [3.05, 3.63) is 113 Å². The molecular weight excluding hydrogens is 574 g/mol. The van der Waals surface area contributed by atoms with Gasteiger partial charge in [0.25, 0.3) is 5.91 Å². The molecule has 2 aromatic carbocycles. The van der Waals surface area contributed by atoms with Crippen molar-refractivity contribution in [1.82, 2.24) is 24.5 Å². The molecule has 0 saturated carbocycles. The number of carbonyl (C=O) groups is 1. The summed E-state index contributed by atoms with van der Waals surface area (Å²) in [5, 5.41) is 19.9. The summed E-state index contributed by atoms with van der Waals surface area (Å²) in [7, 11) is 0. The summed E-state index contributed by atoms with van der Waals surface area (Å²) < 4.78 is 1.77. The number of nitrogens with zero attached hydrogens (tertiary/aromatic N) is 6. The maximum absolute atomic E-state index is 13.2. The Morgan fingerprint density at radius 3 is 2.55 bits per heavy atom. The number of hydrogen-bond donors (Lipinski definition) is 2. The third-order valence-electron chi connectivity index (χ3n) is 8.86. The molecule has 1 unspecified atom stereocenters. The van der Waals surface area contributed by atoms with Crippen LogP contribution < -0.4 is 10.2 Å². The van der Waals surface area contributed by atoms with Crippen molar-refractivity contribution in [2.45, 2.75) is 31.3 Å². The van der Waals surface area contributed by atoms with Gasteiger partial charge in [0.2, 0.25) is 5.95 Å². The van der Waals surface area contributed by atoms with Gasteiger partial charge in [-0.1, -0.05) is 29.8 Å². The Morgan fingerprint density at radius 2 is 1.80 bits per heavy atom. The van der Waals surface area contributed by atoms with Crippen molar-refractivity contribution in [1.29, 1.82) is 0 Å². The summed E-state index contributed by atoms with van der Waals surface area (Å²) in [6, 6.07) is 23.0. The molecule has 0 spiro atoms. The second kappa shape index (κ2) is 11.9. The van der Waals surface area contributed by atoms with Crippen LogP contribution in [0.4, 0.5) is 17.3 Å². The molecule has 224 valence electrons. The zero-order valence-corrected chi connectivity index (χ0v) is 25.1. The van der Waals surface area contributed by atoms with Crippen molar-refractivity contribution in [2.75, 3.05) is 36.4 Å². The number of halogens is 1. The van der Waals surface area contributed by atoms with Gasteiger partial charge in [-0.25, -0.2) is 4.52 Å². The second-order valence-electron chi connectivity index (χ2n) is 11.8. The predicted octanol–water partition coefficient (Wildman–Crippen LogP) is 5.71. The molecule has 2 aliphatic rings. The van der Waals surface area contributed by atoms with Crippen LogP contribution >= 0.6 is 11.6 Å². The number of carbonyl (C=O) groups excluding carboxylic acids is 1. The molecular formula is C34H34ClN7O2. The molecule has 2 saturated heterocycles. The highest BCUT2D eigenvalue weighted by molar-refractivity contribution is 6.30. The van der Waals surface area contributed by atoms with Gasteiger partial charge < -0.3 is 20.2 Å². The average molecular weight is 608 g/mol. The largest absolute Gasteiger partial charge is 0.385 e. The van der Waals surface area contributed by atoms with Crippen LogP contribution in [0.1, 0.15) is 40.7 Å². The summed E-state index contributed by atoms with van der Waals surface area (Å²) in [5.74, 6) is 0.990. The first kappa shape index (κ1) is 28.3. The van der Waals surface area contributed by atoms with Gasteiger partial charge in [-0.05, 0) is 97.3 Å². The summed E-state index contributed by atoms with van der Waals surface area (Å²) in [6.45, 7) is 2.91. The van der Waals surface area contributed by atoms with E-state index in [1.165, 1.54) is 5.56 Å². The van der Waals surface area contributed by atoms with E-state index in [1.54, 1.807) is 10.7 Å². The molecule has 0 radical (unpaired) electrons. The van der Waals surface area contributed by atoms with Crippen molar-refractivity contribution in [3.8, 4) is 0 Å². The van der Waals surface area contributed by atoms with E-state index in [1.807, 2.05) is 84.0 Å². The molecule has 10 heteroatoms. The Kier molecular flexibility index (Phi) is 7.66. The van der Waals surface area contributed by atoms with Crippen LogP contribution in [0.5, 0.6) is 0 Å². The lowest BCUT2D eigenvalue weighted by molar-refractivity contribution is 0.0118. The van der Waals surface area contributed by atoms with E-state index in [-0.39, 0.29) is 5.91 Å². The number of aliphatic hydroxyl groups is 1. The minimum atomic E-state index is -0.879. The third kappa shape index (κ3) is 5.85. The average Bonchev–Trinajstić information content (AvgIpc) is 3.69. The number of likely N-dealkylation sites (tertiary alicyclic amines) is 1. The minimum absolute atomic E-state index is 0.0604. The summed E-state index contributed by atoms with van der Waals surface area (Å²) in [6.07, 6.45) is 8.72. The third-order valence-corrected chi connectivity index (χ3v) is 9.11. The van der Waals surface area contributed by atoms with Gasteiger partial charge in [-0.15, -0.1) is 5.10 Å². The van der Waals surface area contributed by atoms with E-state index in [2.05, 4.69) is 26.4 Å². The fourth-order valence-electron chi connectivity index (χ4n) is 6.40. The molecule has 0 aliphatic carbocycles. The summed E-state index contributed by atoms with van der Waals surface area (Å²) >= 11 is 6.05. The van der Waals surface area contributed by atoms with E-state index in [0.717, 1.165) is 48.5 Å². The molecule has 5 aromatic rings. The molecule has 2 N–H and O–H groups in total. The fourth-order valence-corrected chi connectivity index (χ4v) is 6.53. The van der Waals surface area contributed by atoms with E-state index in [0.29, 0.717) is 48.4 Å². The molecule has 7 rings (SSSR count). The maximum atomic E-state index is 13.2. The Bertz CT molecular complexity index is 1750. The van der Waals surface area contributed by atoms with E-state index in [9.17, 15) is 9.90 Å². The molecule has 1 atom stereocenters. The number of amides is 1. The molecule has 3 aromatic heterocycles. The molecule has 1 amide bonds. The SMILES string of the molecule is O=C(c1ccc(Nc2nc3c(N4CCC(O)(c5ccc(Cl)cc5)CC4)cccn3n2)cc1)N1CCC(Cc2cccnc2)C1. The van der Waals surface area contributed by atoms with Gasteiger partial charge in [0.05, 0.1) is 11.3 Å². The van der Waals surface area contributed by atoms with Crippen LogP contribution in [0.25, 0.3) is 5.65 Å². The van der Waals surface area contributed by atoms with Crippen LogP contribution in [0.15, 0.2) is 91.4 Å². The number of fused-ring (bicyclic) bond motifs is 1. The first-order chi connectivity index (χ1) is 21.4. The first-order valence-corrected chi connectivity index (χ1v) is 15.5. The molecule has 5 heterocycles. The van der Waals surface area contributed by atoms with Crippen LogP contribution in [-0.4, -0.2) is 61.7 Å². The highest BCUT2D eigenvalue weighted by atomic mass is 35.5. The number of benzene rings is 2. The zero-order chi connectivity index (χ0) is 30.1. The van der Waals surface area contributed by atoms with Crippen LogP contribution in [0.3, 0.4) is 0 Å². The maximum Gasteiger partial charge on any atom is 0.253 e. The number of piperidine rings is 1. The molecule has 9 nitrogen and oxygen atoms in total. The summed E-state index contributed by atoms with van der Waals surface area (Å²) in [5.41, 5.74) is 4.43. The van der Waals surface area contributed by atoms with Crippen LogP contribution in [-0.2, 0) is 12.0 Å². The topological polar surface area (TPSA) is 98.9 Å². The van der Waals surface area contributed by atoms with Gasteiger partial charge in [-0.3, -0.25) is 9.78 Å². The van der Waals surface area contributed by atoms with E-state index >= 15 is 0 Å². The lowest BCUT2D eigenvalue weighted by atomic mass is 9.84. The van der Waals surface area contributed by atoms with Gasteiger partial charge in [-0.2, -0.15) is 4.98 Å². The standard InChI is InChI=1S/C34H34ClN7O2/c35-28-9-7-27(8-10-28)34(44)14-19-40(20-15-34)30-4-2-17-42-31(30)38-33(39-42)37-29-11-5-26(6-12-29)32(43)41-18-13-25(23-41)21-24-3-1-16-36-22-24/h1-12,16-17,22,25,44H,13-15,18-21,23H2,(H,37,39). The first-order valence-electron chi connectivity index (χ1n) is 15.1. The molecule has 44 heavy (non-hydrogen) atoms. The Balaban J connectivity index is 0.989. The summed E-state index contributed by atoms with van der Waals surface area (Å²) in [4.78, 5) is 26.4. The van der Waals surface area contributed by atoms with Crippen molar-refractivity contribution in [2.24, 2.45) is 5.92 Å². The van der Waals surface area contributed by atoms with Gasteiger partial charge in [0, 0.05) is 61.0 Å². The highest BCUT2D eigenvalue weighted by Gasteiger charge is 2.35. The zero-order valence-electron chi connectivity index (χ0n) is 24.3. The molecule has 2 fully saturated rings. The van der Waals surface area contributed by atoms with Crippen molar-refractivity contribution >= 4 is 40.5 Å².